The van der Waals surface area contributed by atoms with Gasteiger partial charge in [-0.05, 0) is 19.9 Å². The van der Waals surface area contributed by atoms with Gasteiger partial charge in [-0.2, -0.15) is 23.4 Å². The summed E-state index contributed by atoms with van der Waals surface area (Å²) in [7, 11) is 0. The van der Waals surface area contributed by atoms with Gasteiger partial charge in [-0.1, -0.05) is 0 Å². The van der Waals surface area contributed by atoms with Crippen LogP contribution in [-0.4, -0.2) is 25.7 Å². The highest BCUT2D eigenvalue weighted by Gasteiger charge is 2.28. The number of nitrogens with one attached hydrogen (secondary N) is 1. The maximum Gasteiger partial charge on any atom is 0.408 e. The second-order valence-corrected chi connectivity index (χ2v) is 5.15. The van der Waals surface area contributed by atoms with Crippen LogP contribution in [0.25, 0.3) is 0 Å². The molecule has 0 amide bonds. The number of hydrogen-bond acceptors (Lipinski definition) is 3. The topological polar surface area (TPSA) is 47.7 Å². The number of rotatable bonds is 6. The molecule has 116 valence electrons. The van der Waals surface area contributed by atoms with Gasteiger partial charge in [0.15, 0.2) is 0 Å². The van der Waals surface area contributed by atoms with Gasteiger partial charge in [0.2, 0.25) is 0 Å². The predicted molar refractivity (Wildman–Crippen MR) is 71.4 cm³/mol. The van der Waals surface area contributed by atoms with Crippen LogP contribution in [0.5, 0.6) is 0 Å². The van der Waals surface area contributed by atoms with Crippen molar-refractivity contribution >= 4 is 0 Å². The van der Waals surface area contributed by atoms with E-state index in [1.807, 2.05) is 24.7 Å². The first-order valence-electron chi connectivity index (χ1n) is 6.66. The van der Waals surface area contributed by atoms with Crippen LogP contribution in [0.15, 0.2) is 24.7 Å². The highest BCUT2D eigenvalue weighted by Crippen LogP contribution is 2.16. The molecule has 2 rings (SSSR count). The van der Waals surface area contributed by atoms with Crippen LogP contribution in [0, 0.1) is 0 Å². The monoisotopic (exact) mass is 301 g/mol. The Morgan fingerprint density at radius 2 is 2.05 bits per heavy atom. The predicted octanol–water partition coefficient (Wildman–Crippen LogP) is 2.51. The van der Waals surface area contributed by atoms with E-state index < -0.39 is 12.7 Å². The Bertz CT molecular complexity index is 570. The van der Waals surface area contributed by atoms with Crippen LogP contribution >= 0.6 is 0 Å². The Morgan fingerprint density at radius 3 is 2.67 bits per heavy atom. The molecule has 0 aliphatic rings. The quantitative estimate of drug-likeness (QED) is 0.892. The molecule has 0 unspecified atom stereocenters. The van der Waals surface area contributed by atoms with Gasteiger partial charge in [0.05, 0.1) is 11.9 Å². The van der Waals surface area contributed by atoms with Crippen LogP contribution in [-0.2, 0) is 19.6 Å². The minimum atomic E-state index is -4.25. The van der Waals surface area contributed by atoms with E-state index in [9.17, 15) is 13.2 Å². The van der Waals surface area contributed by atoms with Gasteiger partial charge in [0.25, 0.3) is 0 Å². The van der Waals surface area contributed by atoms with Crippen molar-refractivity contribution < 1.29 is 13.2 Å². The third kappa shape index (κ3) is 4.89. The second-order valence-electron chi connectivity index (χ2n) is 5.15. The number of halogens is 3. The summed E-state index contributed by atoms with van der Waals surface area (Å²) in [5, 5.41) is 11.2. The largest absolute Gasteiger partial charge is 0.408 e. The summed E-state index contributed by atoms with van der Waals surface area (Å²) in [6.07, 6.45) is 0.804. The first kappa shape index (κ1) is 15.6. The molecule has 2 aromatic heterocycles. The molecule has 2 aromatic rings. The van der Waals surface area contributed by atoms with Crippen LogP contribution in [0.4, 0.5) is 13.2 Å². The van der Waals surface area contributed by atoms with Gasteiger partial charge in [-0.15, -0.1) is 0 Å². The Labute approximate surface area is 120 Å². The van der Waals surface area contributed by atoms with E-state index in [-0.39, 0.29) is 0 Å². The number of aromatic nitrogens is 4. The van der Waals surface area contributed by atoms with E-state index in [2.05, 4.69) is 15.5 Å². The summed E-state index contributed by atoms with van der Waals surface area (Å²) in [4.78, 5) is 0. The zero-order valence-electron chi connectivity index (χ0n) is 11.9. The molecule has 5 nitrogen and oxygen atoms in total. The fourth-order valence-corrected chi connectivity index (χ4v) is 1.86. The lowest BCUT2D eigenvalue weighted by Gasteiger charge is -2.05. The smallest absolute Gasteiger partial charge is 0.307 e. The van der Waals surface area contributed by atoms with Crippen LogP contribution in [0.1, 0.15) is 31.1 Å². The average molecular weight is 301 g/mol. The fourth-order valence-electron chi connectivity index (χ4n) is 1.86. The maximum absolute atomic E-state index is 12.2. The molecule has 0 aliphatic heterocycles. The van der Waals surface area contributed by atoms with Crippen molar-refractivity contribution in [2.45, 2.75) is 45.7 Å². The first-order chi connectivity index (χ1) is 9.83. The lowest BCUT2D eigenvalue weighted by molar-refractivity contribution is -0.142. The SMILES string of the molecule is CC(C)n1cc(CNCc2ccn(CC(F)(F)F)n2)cn1. The molecule has 0 atom stereocenters. The molecule has 0 spiro atoms. The minimum Gasteiger partial charge on any atom is -0.307 e. The summed E-state index contributed by atoms with van der Waals surface area (Å²) < 4.78 is 39.4. The summed E-state index contributed by atoms with van der Waals surface area (Å²) in [6.45, 7) is 4.03. The normalized spacial score (nSPS) is 12.3. The highest BCUT2D eigenvalue weighted by atomic mass is 19.4. The van der Waals surface area contributed by atoms with E-state index in [1.54, 1.807) is 12.3 Å². The van der Waals surface area contributed by atoms with Crippen molar-refractivity contribution in [3.8, 4) is 0 Å². The van der Waals surface area contributed by atoms with Crippen LogP contribution in [0.2, 0.25) is 0 Å². The minimum absolute atomic E-state index is 0.303. The Balaban J connectivity index is 1.80. The highest BCUT2D eigenvalue weighted by molar-refractivity contribution is 5.05. The zero-order chi connectivity index (χ0) is 15.5. The Hall–Kier alpha value is -1.83. The molecular formula is C13H18F3N5. The molecular weight excluding hydrogens is 283 g/mol. The van der Waals surface area contributed by atoms with Gasteiger partial charge in [0, 0.05) is 37.1 Å². The maximum atomic E-state index is 12.2. The number of nitrogens with zero attached hydrogens (tertiary/aromatic N) is 4. The lowest BCUT2D eigenvalue weighted by Crippen LogP contribution is -2.19. The third-order valence-corrected chi connectivity index (χ3v) is 2.86. The molecule has 0 bridgehead atoms. The summed E-state index contributed by atoms with van der Waals surface area (Å²) >= 11 is 0. The number of hydrogen-bond donors (Lipinski definition) is 1. The van der Waals surface area contributed by atoms with E-state index in [0.717, 1.165) is 10.2 Å². The van der Waals surface area contributed by atoms with Crippen molar-refractivity contribution in [1.29, 1.82) is 0 Å². The van der Waals surface area contributed by atoms with Gasteiger partial charge < -0.3 is 5.32 Å². The molecule has 0 saturated heterocycles. The van der Waals surface area contributed by atoms with Gasteiger partial charge in [0.1, 0.15) is 6.54 Å². The van der Waals surface area contributed by atoms with Crippen molar-refractivity contribution in [1.82, 2.24) is 24.9 Å². The molecule has 2 heterocycles. The molecule has 0 aromatic carbocycles. The van der Waals surface area contributed by atoms with Gasteiger partial charge in [-0.3, -0.25) is 9.36 Å². The van der Waals surface area contributed by atoms with Crippen LogP contribution in [0.3, 0.4) is 0 Å². The second kappa shape index (κ2) is 6.30. The zero-order valence-corrected chi connectivity index (χ0v) is 11.9. The van der Waals surface area contributed by atoms with E-state index in [0.29, 0.717) is 24.8 Å². The molecule has 21 heavy (non-hydrogen) atoms. The number of alkyl halides is 3. The third-order valence-electron chi connectivity index (χ3n) is 2.86. The van der Waals surface area contributed by atoms with E-state index in [1.165, 1.54) is 6.20 Å². The average Bonchev–Trinajstić information content (AvgIpc) is 2.97. The summed E-state index contributed by atoms with van der Waals surface area (Å²) in [5.74, 6) is 0. The molecule has 0 aliphatic carbocycles. The molecule has 8 heteroatoms. The van der Waals surface area contributed by atoms with E-state index >= 15 is 0 Å². The molecule has 0 fully saturated rings. The Kier molecular flexibility index (Phi) is 4.66. The first-order valence-corrected chi connectivity index (χ1v) is 6.66. The van der Waals surface area contributed by atoms with Crippen molar-refractivity contribution in [2.24, 2.45) is 0 Å². The summed E-state index contributed by atoms with van der Waals surface area (Å²) in [6, 6.07) is 1.88. The lowest BCUT2D eigenvalue weighted by atomic mass is 10.3. The van der Waals surface area contributed by atoms with Crippen LogP contribution < -0.4 is 5.32 Å². The standard InChI is InChI=1S/C13H18F3N5/c1-10(2)21-8-11(6-18-21)5-17-7-12-3-4-20(19-12)9-13(14,15)16/h3-4,6,8,10,17H,5,7,9H2,1-2H3. The fraction of sp³-hybridized carbons (Fsp3) is 0.538. The molecule has 1 N–H and O–H groups in total. The Morgan fingerprint density at radius 1 is 1.29 bits per heavy atom. The van der Waals surface area contributed by atoms with E-state index in [4.69, 9.17) is 0 Å². The van der Waals surface area contributed by atoms with Crippen molar-refractivity contribution in [2.75, 3.05) is 0 Å². The molecule has 0 radical (unpaired) electrons. The molecule has 0 saturated carbocycles. The van der Waals surface area contributed by atoms with Gasteiger partial charge >= 0.3 is 6.18 Å². The van der Waals surface area contributed by atoms with Crippen molar-refractivity contribution in [3.63, 3.8) is 0 Å². The summed E-state index contributed by atoms with van der Waals surface area (Å²) in [5.41, 5.74) is 1.61. The van der Waals surface area contributed by atoms with Gasteiger partial charge in [-0.25, -0.2) is 0 Å². The van der Waals surface area contributed by atoms with Crippen molar-refractivity contribution in [3.05, 3.63) is 35.9 Å².